The Kier molecular flexibility index (Phi) is 2.20. The second-order valence-corrected chi connectivity index (χ2v) is 4.84. The fourth-order valence-electron chi connectivity index (χ4n) is 2.57. The Balaban J connectivity index is 2.19. The molecular formula is C13H11F2NO2. The summed E-state index contributed by atoms with van der Waals surface area (Å²) in [5, 5.41) is 9.31. The molecule has 0 spiro atoms. The molecule has 2 aromatic rings. The maximum absolute atomic E-state index is 14.3. The third-order valence-corrected chi connectivity index (χ3v) is 3.61. The zero-order valence-electron chi connectivity index (χ0n) is 9.46. The Bertz CT molecular complexity index is 644. The number of carboxylic acid groups (broad SMARTS) is 1. The first-order valence-corrected chi connectivity index (χ1v) is 5.71. The van der Waals surface area contributed by atoms with Crippen LogP contribution in [0.1, 0.15) is 24.8 Å². The summed E-state index contributed by atoms with van der Waals surface area (Å²) in [6.45, 7) is 0. The SMILES string of the molecule is O=C(O)CC1(c2c(F)cc3cc[nH]c3c2F)CC1. The summed E-state index contributed by atoms with van der Waals surface area (Å²) in [6.07, 6.45) is 2.33. The van der Waals surface area contributed by atoms with Gasteiger partial charge in [0.2, 0.25) is 0 Å². The number of nitrogens with one attached hydrogen (secondary N) is 1. The average Bonchev–Trinajstić information content (AvgIpc) is 2.87. The minimum absolute atomic E-state index is 0.0835. The predicted molar refractivity (Wildman–Crippen MR) is 61.4 cm³/mol. The number of aromatic amines is 1. The zero-order valence-corrected chi connectivity index (χ0v) is 9.46. The molecule has 0 unspecified atom stereocenters. The molecule has 3 rings (SSSR count). The maximum Gasteiger partial charge on any atom is 0.304 e. The van der Waals surface area contributed by atoms with Gasteiger partial charge in [-0.1, -0.05) is 0 Å². The van der Waals surface area contributed by atoms with Gasteiger partial charge in [-0.2, -0.15) is 0 Å². The number of benzene rings is 1. The van der Waals surface area contributed by atoms with Gasteiger partial charge in [-0.25, -0.2) is 8.78 Å². The molecule has 5 heteroatoms. The number of hydrogen-bond acceptors (Lipinski definition) is 1. The van der Waals surface area contributed by atoms with Crippen LogP contribution in [0.25, 0.3) is 10.9 Å². The average molecular weight is 251 g/mol. The second kappa shape index (κ2) is 3.54. The van der Waals surface area contributed by atoms with E-state index in [9.17, 15) is 13.6 Å². The van der Waals surface area contributed by atoms with Gasteiger partial charge in [0.25, 0.3) is 0 Å². The van der Waals surface area contributed by atoms with E-state index in [0.717, 1.165) is 0 Å². The highest BCUT2D eigenvalue weighted by Gasteiger charge is 2.49. The van der Waals surface area contributed by atoms with Gasteiger partial charge in [-0.05, 0) is 25.0 Å². The van der Waals surface area contributed by atoms with Crippen LogP contribution in [0.5, 0.6) is 0 Å². The minimum atomic E-state index is -1.03. The Morgan fingerprint density at radius 3 is 2.78 bits per heavy atom. The van der Waals surface area contributed by atoms with Crippen molar-refractivity contribution in [2.75, 3.05) is 0 Å². The summed E-state index contributed by atoms with van der Waals surface area (Å²) in [7, 11) is 0. The van der Waals surface area contributed by atoms with Crippen LogP contribution in [0.4, 0.5) is 8.78 Å². The highest BCUT2D eigenvalue weighted by Crippen LogP contribution is 2.53. The van der Waals surface area contributed by atoms with Crippen LogP contribution >= 0.6 is 0 Å². The fraction of sp³-hybridized carbons (Fsp3) is 0.308. The summed E-state index contributed by atoms with van der Waals surface area (Å²) < 4.78 is 28.3. The number of aromatic nitrogens is 1. The van der Waals surface area contributed by atoms with Crippen LogP contribution in [-0.2, 0) is 10.2 Å². The van der Waals surface area contributed by atoms with Gasteiger partial charge in [0, 0.05) is 22.6 Å². The van der Waals surface area contributed by atoms with Crippen molar-refractivity contribution < 1.29 is 18.7 Å². The molecule has 1 fully saturated rings. The third-order valence-electron chi connectivity index (χ3n) is 3.61. The first-order chi connectivity index (χ1) is 8.53. The number of halogens is 2. The number of aliphatic carboxylic acids is 1. The summed E-state index contributed by atoms with van der Waals surface area (Å²) in [5.41, 5.74) is -0.706. The Hall–Kier alpha value is -1.91. The van der Waals surface area contributed by atoms with E-state index in [2.05, 4.69) is 4.98 Å². The molecule has 0 aliphatic heterocycles. The fourth-order valence-corrected chi connectivity index (χ4v) is 2.57. The lowest BCUT2D eigenvalue weighted by Crippen LogP contribution is -2.17. The van der Waals surface area contributed by atoms with Crippen LogP contribution in [0.3, 0.4) is 0 Å². The van der Waals surface area contributed by atoms with Gasteiger partial charge >= 0.3 is 5.97 Å². The third kappa shape index (κ3) is 1.50. The van der Waals surface area contributed by atoms with E-state index in [1.165, 1.54) is 12.3 Å². The van der Waals surface area contributed by atoms with Gasteiger partial charge in [-0.15, -0.1) is 0 Å². The minimum Gasteiger partial charge on any atom is -0.481 e. The number of carboxylic acids is 1. The summed E-state index contributed by atoms with van der Waals surface area (Å²) >= 11 is 0. The standard InChI is InChI=1S/C13H11F2NO2/c14-8-5-7-1-4-16-12(7)11(15)10(8)13(2-3-13)6-9(17)18/h1,4-5,16H,2-3,6H2,(H,17,18). The zero-order chi connectivity index (χ0) is 12.9. The summed E-state index contributed by atoms with van der Waals surface area (Å²) in [5.74, 6) is -2.34. The Morgan fingerprint density at radius 2 is 2.17 bits per heavy atom. The molecule has 0 bridgehead atoms. The topological polar surface area (TPSA) is 53.1 Å². The molecular weight excluding hydrogens is 240 g/mol. The van der Waals surface area contributed by atoms with Crippen molar-refractivity contribution in [1.29, 1.82) is 0 Å². The lowest BCUT2D eigenvalue weighted by molar-refractivity contribution is -0.137. The molecule has 2 N–H and O–H groups in total. The van der Waals surface area contributed by atoms with Gasteiger partial charge in [-0.3, -0.25) is 4.79 Å². The van der Waals surface area contributed by atoms with Crippen LogP contribution in [-0.4, -0.2) is 16.1 Å². The number of rotatable bonds is 3. The molecule has 1 aromatic carbocycles. The number of fused-ring (bicyclic) bond motifs is 1. The molecule has 3 nitrogen and oxygen atoms in total. The van der Waals surface area contributed by atoms with Crippen molar-refractivity contribution in [1.82, 2.24) is 4.98 Å². The van der Waals surface area contributed by atoms with E-state index < -0.39 is 23.0 Å². The van der Waals surface area contributed by atoms with Crippen LogP contribution in [0.15, 0.2) is 18.3 Å². The van der Waals surface area contributed by atoms with Crippen LogP contribution < -0.4 is 0 Å². The number of carbonyl (C=O) groups is 1. The molecule has 0 amide bonds. The van der Waals surface area contributed by atoms with Gasteiger partial charge in [0.1, 0.15) is 5.82 Å². The summed E-state index contributed by atoms with van der Waals surface area (Å²) in [4.78, 5) is 13.5. The molecule has 0 saturated heterocycles. The number of H-pyrrole nitrogens is 1. The predicted octanol–water partition coefficient (Wildman–Crippen LogP) is 2.95. The van der Waals surface area contributed by atoms with Crippen molar-refractivity contribution >= 4 is 16.9 Å². The first kappa shape index (κ1) is 11.2. The van der Waals surface area contributed by atoms with E-state index in [1.54, 1.807) is 6.07 Å². The Morgan fingerprint density at radius 1 is 1.44 bits per heavy atom. The monoisotopic (exact) mass is 251 g/mol. The lowest BCUT2D eigenvalue weighted by atomic mass is 9.90. The molecule has 0 atom stereocenters. The van der Waals surface area contributed by atoms with Gasteiger partial charge < -0.3 is 10.1 Å². The normalized spacial score (nSPS) is 17.0. The van der Waals surface area contributed by atoms with E-state index in [-0.39, 0.29) is 17.5 Å². The summed E-state index contributed by atoms with van der Waals surface area (Å²) in [6, 6.07) is 2.84. The van der Waals surface area contributed by atoms with Crippen molar-refractivity contribution in [3.05, 3.63) is 35.5 Å². The molecule has 1 heterocycles. The molecule has 1 aliphatic rings. The van der Waals surface area contributed by atoms with Crippen molar-refractivity contribution in [3.8, 4) is 0 Å². The first-order valence-electron chi connectivity index (χ1n) is 5.71. The van der Waals surface area contributed by atoms with Crippen molar-refractivity contribution in [2.24, 2.45) is 0 Å². The van der Waals surface area contributed by atoms with Gasteiger partial charge in [0.05, 0.1) is 11.9 Å². The largest absolute Gasteiger partial charge is 0.481 e. The van der Waals surface area contributed by atoms with Crippen LogP contribution in [0.2, 0.25) is 0 Å². The molecule has 94 valence electrons. The van der Waals surface area contributed by atoms with Crippen LogP contribution in [0, 0.1) is 11.6 Å². The smallest absolute Gasteiger partial charge is 0.304 e. The molecule has 18 heavy (non-hydrogen) atoms. The molecule has 1 saturated carbocycles. The molecule has 0 radical (unpaired) electrons. The van der Waals surface area contributed by atoms with E-state index in [0.29, 0.717) is 18.2 Å². The second-order valence-electron chi connectivity index (χ2n) is 4.84. The van der Waals surface area contributed by atoms with E-state index in [4.69, 9.17) is 5.11 Å². The van der Waals surface area contributed by atoms with E-state index >= 15 is 0 Å². The van der Waals surface area contributed by atoms with Crippen molar-refractivity contribution in [3.63, 3.8) is 0 Å². The lowest BCUT2D eigenvalue weighted by Gasteiger charge is -2.15. The highest BCUT2D eigenvalue weighted by molar-refractivity contribution is 5.82. The maximum atomic E-state index is 14.3. The van der Waals surface area contributed by atoms with E-state index in [1.807, 2.05) is 0 Å². The van der Waals surface area contributed by atoms with Crippen molar-refractivity contribution in [2.45, 2.75) is 24.7 Å². The number of hydrogen-bond donors (Lipinski definition) is 2. The van der Waals surface area contributed by atoms with Gasteiger partial charge in [0.15, 0.2) is 5.82 Å². The Labute approximate surface area is 101 Å². The molecule has 1 aliphatic carbocycles. The quantitative estimate of drug-likeness (QED) is 0.881. The highest BCUT2D eigenvalue weighted by atomic mass is 19.1. The molecule has 1 aromatic heterocycles.